The van der Waals surface area contributed by atoms with Crippen LogP contribution in [-0.4, -0.2) is 11.3 Å². The molecular formula is C11H14ClNO. The van der Waals surface area contributed by atoms with E-state index in [2.05, 4.69) is 5.32 Å². The van der Waals surface area contributed by atoms with Crippen LogP contribution in [-0.2, 0) is 11.2 Å². The van der Waals surface area contributed by atoms with Crippen LogP contribution in [0.2, 0.25) is 0 Å². The maximum absolute atomic E-state index is 10.7. The van der Waals surface area contributed by atoms with Crippen molar-refractivity contribution in [3.05, 3.63) is 29.8 Å². The lowest BCUT2D eigenvalue weighted by atomic mass is 10.1. The molecule has 3 heteroatoms. The quantitative estimate of drug-likeness (QED) is 0.766. The number of hydrogen-bond acceptors (Lipinski definition) is 1. The summed E-state index contributed by atoms with van der Waals surface area (Å²) in [7, 11) is 0. The van der Waals surface area contributed by atoms with Crippen molar-refractivity contribution in [3.8, 4) is 0 Å². The number of carbonyl (C=O) groups excluding carboxylic acids is 1. The van der Waals surface area contributed by atoms with Gasteiger partial charge in [0.15, 0.2) is 0 Å². The Kier molecular flexibility index (Phi) is 3.96. The fourth-order valence-corrected chi connectivity index (χ4v) is 1.43. The number of rotatable bonds is 3. The first-order chi connectivity index (χ1) is 6.58. The molecule has 1 amide bonds. The molecule has 1 unspecified atom stereocenters. The molecule has 0 heterocycles. The van der Waals surface area contributed by atoms with Crippen LogP contribution in [0.25, 0.3) is 0 Å². The molecule has 14 heavy (non-hydrogen) atoms. The second-order valence-corrected chi connectivity index (χ2v) is 4.11. The summed E-state index contributed by atoms with van der Waals surface area (Å²) in [4.78, 5) is 10.7. The highest BCUT2D eigenvalue weighted by Crippen LogP contribution is 2.12. The summed E-state index contributed by atoms with van der Waals surface area (Å²) in [6, 6.07) is 7.72. The van der Waals surface area contributed by atoms with Crippen molar-refractivity contribution in [2.24, 2.45) is 0 Å². The van der Waals surface area contributed by atoms with Gasteiger partial charge < -0.3 is 5.32 Å². The Morgan fingerprint density at radius 2 is 2.00 bits per heavy atom. The van der Waals surface area contributed by atoms with Crippen LogP contribution in [0, 0.1) is 0 Å². The van der Waals surface area contributed by atoms with Gasteiger partial charge in [-0.3, -0.25) is 4.79 Å². The number of carbonyl (C=O) groups is 1. The summed E-state index contributed by atoms with van der Waals surface area (Å²) >= 11 is 5.87. The predicted molar refractivity (Wildman–Crippen MR) is 59.8 cm³/mol. The van der Waals surface area contributed by atoms with Gasteiger partial charge in [0.1, 0.15) is 0 Å². The molecule has 0 aliphatic rings. The Balaban J connectivity index is 2.63. The highest BCUT2D eigenvalue weighted by molar-refractivity contribution is 6.20. The van der Waals surface area contributed by atoms with Gasteiger partial charge in [-0.2, -0.15) is 0 Å². The topological polar surface area (TPSA) is 29.1 Å². The normalized spacial score (nSPS) is 12.2. The highest BCUT2D eigenvalue weighted by atomic mass is 35.5. The second kappa shape index (κ2) is 5.01. The predicted octanol–water partition coefficient (Wildman–Crippen LogP) is 2.81. The number of amides is 1. The van der Waals surface area contributed by atoms with Crippen molar-refractivity contribution >= 4 is 23.2 Å². The minimum atomic E-state index is -0.0524. The number of alkyl halides is 1. The molecule has 0 radical (unpaired) electrons. The van der Waals surface area contributed by atoms with Gasteiger partial charge in [0.25, 0.3) is 0 Å². The maximum Gasteiger partial charge on any atom is 0.221 e. The van der Waals surface area contributed by atoms with E-state index in [9.17, 15) is 4.79 Å². The van der Waals surface area contributed by atoms with E-state index in [-0.39, 0.29) is 11.3 Å². The summed E-state index contributed by atoms with van der Waals surface area (Å²) in [5.74, 6) is -0.0524. The van der Waals surface area contributed by atoms with E-state index in [1.807, 2.05) is 31.2 Å². The molecule has 0 aromatic heterocycles. The lowest BCUT2D eigenvalue weighted by molar-refractivity contribution is -0.114. The van der Waals surface area contributed by atoms with Gasteiger partial charge in [0, 0.05) is 18.0 Å². The summed E-state index contributed by atoms with van der Waals surface area (Å²) in [6.07, 6.45) is 0.849. The van der Waals surface area contributed by atoms with Gasteiger partial charge in [0.2, 0.25) is 5.91 Å². The Hall–Kier alpha value is -1.02. The average molecular weight is 212 g/mol. The second-order valence-electron chi connectivity index (χ2n) is 3.36. The van der Waals surface area contributed by atoms with E-state index in [1.54, 1.807) is 0 Å². The minimum absolute atomic E-state index is 0.0524. The summed E-state index contributed by atoms with van der Waals surface area (Å²) in [6.45, 7) is 3.46. The maximum atomic E-state index is 10.7. The first kappa shape index (κ1) is 11.1. The zero-order valence-corrected chi connectivity index (χ0v) is 9.14. The molecule has 1 N–H and O–H groups in total. The van der Waals surface area contributed by atoms with E-state index >= 15 is 0 Å². The van der Waals surface area contributed by atoms with Crippen LogP contribution >= 0.6 is 11.6 Å². The first-order valence-corrected chi connectivity index (χ1v) is 5.02. The first-order valence-electron chi connectivity index (χ1n) is 4.58. The third-order valence-corrected chi connectivity index (χ3v) is 1.95. The van der Waals surface area contributed by atoms with Crippen molar-refractivity contribution < 1.29 is 4.79 Å². The summed E-state index contributed by atoms with van der Waals surface area (Å²) in [5.41, 5.74) is 2.00. The van der Waals surface area contributed by atoms with Gasteiger partial charge >= 0.3 is 0 Å². The average Bonchev–Trinajstić information content (AvgIpc) is 2.06. The molecule has 1 aromatic rings. The fraction of sp³-hybridized carbons (Fsp3) is 0.364. The van der Waals surface area contributed by atoms with Crippen LogP contribution in [0.4, 0.5) is 5.69 Å². The lowest BCUT2D eigenvalue weighted by Crippen LogP contribution is -2.05. The van der Waals surface area contributed by atoms with Gasteiger partial charge in [-0.15, -0.1) is 11.6 Å². The SMILES string of the molecule is CC(=O)Nc1ccc(CC(C)Cl)cc1. The fourth-order valence-electron chi connectivity index (χ4n) is 1.25. The molecule has 0 fully saturated rings. The third-order valence-electron chi connectivity index (χ3n) is 1.79. The van der Waals surface area contributed by atoms with Gasteiger partial charge in [-0.05, 0) is 31.0 Å². The van der Waals surface area contributed by atoms with E-state index in [0.717, 1.165) is 12.1 Å². The molecule has 0 saturated carbocycles. The number of benzene rings is 1. The monoisotopic (exact) mass is 211 g/mol. The Bertz CT molecular complexity index is 306. The van der Waals surface area contributed by atoms with Gasteiger partial charge in [0.05, 0.1) is 0 Å². The summed E-state index contributed by atoms with van der Waals surface area (Å²) < 4.78 is 0. The zero-order chi connectivity index (χ0) is 10.6. The smallest absolute Gasteiger partial charge is 0.221 e. The molecule has 0 spiro atoms. The molecule has 1 aromatic carbocycles. The van der Waals surface area contributed by atoms with E-state index in [0.29, 0.717) is 0 Å². The Morgan fingerprint density at radius 3 is 2.43 bits per heavy atom. The number of nitrogens with one attached hydrogen (secondary N) is 1. The van der Waals surface area contributed by atoms with E-state index in [1.165, 1.54) is 12.5 Å². The molecule has 76 valence electrons. The zero-order valence-electron chi connectivity index (χ0n) is 8.38. The number of halogens is 1. The highest BCUT2D eigenvalue weighted by Gasteiger charge is 1.99. The molecule has 2 nitrogen and oxygen atoms in total. The van der Waals surface area contributed by atoms with Crippen molar-refractivity contribution in [1.82, 2.24) is 0 Å². The number of anilines is 1. The molecule has 0 bridgehead atoms. The molecule has 0 aliphatic carbocycles. The van der Waals surface area contributed by atoms with Crippen molar-refractivity contribution in [3.63, 3.8) is 0 Å². The largest absolute Gasteiger partial charge is 0.326 e. The van der Waals surface area contributed by atoms with Crippen LogP contribution in [0.5, 0.6) is 0 Å². The molecule has 0 aliphatic heterocycles. The molecule has 1 rings (SSSR count). The molecule has 1 atom stereocenters. The van der Waals surface area contributed by atoms with Crippen molar-refractivity contribution in [2.75, 3.05) is 5.32 Å². The van der Waals surface area contributed by atoms with E-state index in [4.69, 9.17) is 11.6 Å². The lowest BCUT2D eigenvalue weighted by Gasteiger charge is -2.05. The van der Waals surface area contributed by atoms with Crippen LogP contribution in [0.15, 0.2) is 24.3 Å². The van der Waals surface area contributed by atoms with Gasteiger partial charge in [-0.1, -0.05) is 12.1 Å². The number of hydrogen-bond donors (Lipinski definition) is 1. The Labute approximate surface area is 89.3 Å². The van der Waals surface area contributed by atoms with Crippen LogP contribution in [0.1, 0.15) is 19.4 Å². The van der Waals surface area contributed by atoms with Crippen LogP contribution < -0.4 is 5.32 Å². The third kappa shape index (κ3) is 3.79. The Morgan fingerprint density at radius 1 is 1.43 bits per heavy atom. The minimum Gasteiger partial charge on any atom is -0.326 e. The standard InChI is InChI=1S/C11H14ClNO/c1-8(12)7-10-3-5-11(6-4-10)13-9(2)14/h3-6,8H,7H2,1-2H3,(H,13,14). The summed E-state index contributed by atoms with van der Waals surface area (Å²) in [5, 5.41) is 2.85. The van der Waals surface area contributed by atoms with Crippen molar-refractivity contribution in [1.29, 1.82) is 0 Å². The van der Waals surface area contributed by atoms with Crippen molar-refractivity contribution in [2.45, 2.75) is 25.6 Å². The molecule has 0 saturated heterocycles. The van der Waals surface area contributed by atoms with E-state index < -0.39 is 0 Å². The van der Waals surface area contributed by atoms with Crippen LogP contribution in [0.3, 0.4) is 0 Å². The van der Waals surface area contributed by atoms with Gasteiger partial charge in [-0.25, -0.2) is 0 Å². The molecular weight excluding hydrogens is 198 g/mol.